The second kappa shape index (κ2) is 4.94. The fourth-order valence-corrected chi connectivity index (χ4v) is 8.21. The van der Waals surface area contributed by atoms with E-state index in [9.17, 15) is 8.42 Å². The van der Waals surface area contributed by atoms with Crippen molar-refractivity contribution >= 4 is 48.9 Å². The van der Waals surface area contributed by atoms with Gasteiger partial charge in [0.15, 0.2) is 0 Å². The Bertz CT molecular complexity index is 661. The maximum atomic E-state index is 12.7. The number of thiophene rings is 1. The third-order valence-electron chi connectivity index (χ3n) is 5.43. The van der Waals surface area contributed by atoms with Crippen molar-refractivity contribution in [2.45, 2.75) is 50.3 Å². The third kappa shape index (κ3) is 2.51. The molecule has 0 amide bonds. The first-order chi connectivity index (χ1) is 9.56. The van der Waals surface area contributed by atoms with E-state index >= 15 is 0 Å². The van der Waals surface area contributed by atoms with E-state index in [0.717, 1.165) is 24.2 Å². The highest BCUT2D eigenvalue weighted by Crippen LogP contribution is 2.62. The van der Waals surface area contributed by atoms with Crippen molar-refractivity contribution < 1.29 is 8.42 Å². The van der Waals surface area contributed by atoms with Gasteiger partial charge in [-0.15, -0.1) is 11.3 Å². The summed E-state index contributed by atoms with van der Waals surface area (Å²) >= 11 is 10.4. The largest absolute Gasteiger partial charge is 0.250 e. The van der Waals surface area contributed by atoms with Crippen molar-refractivity contribution in [3.8, 4) is 0 Å². The first kappa shape index (κ1) is 16.2. The second-order valence-corrected chi connectivity index (χ2v) is 11.9. The lowest BCUT2D eigenvalue weighted by molar-refractivity contribution is 0.127. The molecule has 0 spiro atoms. The Balaban J connectivity index is 1.92. The average Bonchev–Trinajstić information content (AvgIpc) is 2.96. The normalized spacial score (nSPS) is 34.5. The van der Waals surface area contributed by atoms with Crippen molar-refractivity contribution in [3.63, 3.8) is 0 Å². The van der Waals surface area contributed by atoms with Crippen LogP contribution in [0.2, 0.25) is 5.02 Å². The van der Waals surface area contributed by atoms with Gasteiger partial charge >= 0.3 is 0 Å². The number of nitrogens with one attached hydrogen (secondary N) is 1. The van der Waals surface area contributed by atoms with E-state index in [1.54, 1.807) is 0 Å². The minimum Gasteiger partial charge on any atom is -0.206 e. The highest BCUT2D eigenvalue weighted by Gasteiger charge is 2.60. The van der Waals surface area contributed by atoms with Crippen LogP contribution in [0.15, 0.2) is 14.1 Å². The summed E-state index contributed by atoms with van der Waals surface area (Å²) in [6.07, 6.45) is 3.42. The number of halogens is 2. The Kier molecular flexibility index (Phi) is 3.82. The Morgan fingerprint density at radius 1 is 1.43 bits per heavy atom. The number of fused-ring (bicyclic) bond motifs is 2. The molecule has 118 valence electrons. The molecule has 0 saturated heterocycles. The Morgan fingerprint density at radius 2 is 2.10 bits per heavy atom. The van der Waals surface area contributed by atoms with Crippen LogP contribution >= 0.6 is 38.9 Å². The minimum absolute atomic E-state index is 0.00163. The summed E-state index contributed by atoms with van der Waals surface area (Å²) in [6.45, 7) is 6.59. The van der Waals surface area contributed by atoms with Crippen molar-refractivity contribution in [2.75, 3.05) is 0 Å². The van der Waals surface area contributed by atoms with E-state index in [0.29, 0.717) is 14.7 Å². The lowest BCUT2D eigenvalue weighted by Gasteiger charge is -2.42. The molecule has 1 aromatic heterocycles. The summed E-state index contributed by atoms with van der Waals surface area (Å²) in [5.41, 5.74) is 0.0673. The van der Waals surface area contributed by atoms with Gasteiger partial charge < -0.3 is 0 Å². The number of rotatable bonds is 3. The van der Waals surface area contributed by atoms with Gasteiger partial charge in [0.2, 0.25) is 10.0 Å². The van der Waals surface area contributed by atoms with Crippen LogP contribution in [0, 0.1) is 16.7 Å². The molecule has 3 unspecified atom stereocenters. The maximum Gasteiger partial charge on any atom is 0.250 e. The van der Waals surface area contributed by atoms with Gasteiger partial charge in [-0.2, -0.15) is 0 Å². The molecule has 3 atom stereocenters. The Labute approximate surface area is 143 Å². The number of sulfonamides is 1. The van der Waals surface area contributed by atoms with Crippen LogP contribution in [0.4, 0.5) is 0 Å². The molecular formula is C14H19BrClNO2S2. The zero-order chi connectivity index (χ0) is 15.6. The molecule has 0 aliphatic heterocycles. The van der Waals surface area contributed by atoms with Crippen molar-refractivity contribution in [3.05, 3.63) is 14.9 Å². The van der Waals surface area contributed by atoms with Gasteiger partial charge in [0.25, 0.3) is 0 Å². The summed E-state index contributed by atoms with van der Waals surface area (Å²) < 4.78 is 29.3. The molecule has 3 nitrogen and oxygen atoms in total. The van der Waals surface area contributed by atoms with Crippen LogP contribution < -0.4 is 4.72 Å². The standard InChI is InChI=1S/C14H19BrClNO2S2/c1-13(2)8-4-5-14(3,7-8)12(13)17-21(18,19)10-6-9(16)11(15)20-10/h6,8,12,17H,4-5,7H2,1-3H3. The average molecular weight is 413 g/mol. The minimum atomic E-state index is -3.52. The highest BCUT2D eigenvalue weighted by atomic mass is 79.9. The van der Waals surface area contributed by atoms with Gasteiger partial charge in [0, 0.05) is 6.04 Å². The maximum absolute atomic E-state index is 12.7. The predicted octanol–water partition coefficient (Wildman–Crippen LogP) is 4.66. The Hall–Kier alpha value is 0.380. The SMILES string of the molecule is CC12CCC(C1)C(C)(C)C2NS(=O)(=O)c1cc(Cl)c(Br)s1. The van der Waals surface area contributed by atoms with Crippen LogP contribution in [0.1, 0.15) is 40.0 Å². The van der Waals surface area contributed by atoms with E-state index in [1.165, 1.54) is 12.5 Å². The summed E-state index contributed by atoms with van der Waals surface area (Å²) in [5.74, 6) is 0.605. The first-order valence-electron chi connectivity index (χ1n) is 7.03. The van der Waals surface area contributed by atoms with Crippen LogP contribution in [-0.4, -0.2) is 14.5 Å². The van der Waals surface area contributed by atoms with E-state index in [4.69, 9.17) is 11.6 Å². The molecule has 21 heavy (non-hydrogen) atoms. The lowest BCUT2D eigenvalue weighted by Crippen LogP contribution is -2.52. The second-order valence-electron chi connectivity index (χ2n) is 7.16. The van der Waals surface area contributed by atoms with Gasteiger partial charge in [-0.25, -0.2) is 13.1 Å². The molecule has 2 bridgehead atoms. The molecule has 0 radical (unpaired) electrons. The van der Waals surface area contributed by atoms with Gasteiger partial charge in [-0.1, -0.05) is 32.4 Å². The Morgan fingerprint density at radius 3 is 2.57 bits per heavy atom. The molecule has 1 aromatic rings. The molecular weight excluding hydrogens is 394 g/mol. The zero-order valence-corrected chi connectivity index (χ0v) is 16.2. The summed E-state index contributed by atoms with van der Waals surface area (Å²) in [4.78, 5) is 0. The first-order valence-corrected chi connectivity index (χ1v) is 10.5. The van der Waals surface area contributed by atoms with Crippen LogP contribution in [0.5, 0.6) is 0 Å². The van der Waals surface area contributed by atoms with Crippen molar-refractivity contribution in [2.24, 2.45) is 16.7 Å². The molecule has 2 aliphatic rings. The fraction of sp³-hybridized carbons (Fsp3) is 0.714. The smallest absolute Gasteiger partial charge is 0.206 e. The quantitative estimate of drug-likeness (QED) is 0.785. The topological polar surface area (TPSA) is 46.2 Å². The molecule has 0 aromatic carbocycles. The number of hydrogen-bond acceptors (Lipinski definition) is 3. The van der Waals surface area contributed by atoms with Gasteiger partial charge in [0.05, 0.1) is 8.81 Å². The summed E-state index contributed by atoms with van der Waals surface area (Å²) in [6, 6.07) is 1.50. The summed E-state index contributed by atoms with van der Waals surface area (Å²) in [5, 5.41) is 0.443. The van der Waals surface area contributed by atoms with E-state index < -0.39 is 10.0 Å². The predicted molar refractivity (Wildman–Crippen MR) is 90.4 cm³/mol. The molecule has 2 aliphatic carbocycles. The van der Waals surface area contributed by atoms with Gasteiger partial charge in [-0.05, 0) is 58.0 Å². The molecule has 2 saturated carbocycles. The van der Waals surface area contributed by atoms with Crippen LogP contribution in [-0.2, 0) is 10.0 Å². The third-order valence-corrected chi connectivity index (χ3v) is 9.80. The van der Waals surface area contributed by atoms with Crippen molar-refractivity contribution in [1.29, 1.82) is 0 Å². The van der Waals surface area contributed by atoms with Gasteiger partial charge in [0.1, 0.15) is 4.21 Å². The molecule has 7 heteroatoms. The van der Waals surface area contributed by atoms with Crippen LogP contribution in [0.3, 0.4) is 0 Å². The number of hydrogen-bond donors (Lipinski definition) is 1. The van der Waals surface area contributed by atoms with Crippen LogP contribution in [0.25, 0.3) is 0 Å². The molecule has 3 rings (SSSR count). The van der Waals surface area contributed by atoms with Crippen molar-refractivity contribution in [1.82, 2.24) is 4.72 Å². The fourth-order valence-electron chi connectivity index (χ4n) is 4.27. The summed E-state index contributed by atoms with van der Waals surface area (Å²) in [7, 11) is -3.52. The molecule has 2 fully saturated rings. The van der Waals surface area contributed by atoms with Gasteiger partial charge in [-0.3, -0.25) is 0 Å². The highest BCUT2D eigenvalue weighted by molar-refractivity contribution is 9.11. The lowest BCUT2D eigenvalue weighted by atomic mass is 9.69. The zero-order valence-electron chi connectivity index (χ0n) is 12.2. The molecule has 1 heterocycles. The van der Waals surface area contributed by atoms with E-state index in [2.05, 4.69) is 41.4 Å². The van der Waals surface area contributed by atoms with E-state index in [-0.39, 0.29) is 21.1 Å². The molecule has 1 N–H and O–H groups in total. The van der Waals surface area contributed by atoms with E-state index in [1.807, 2.05) is 0 Å². The monoisotopic (exact) mass is 411 g/mol.